The number of anilines is 3. The minimum Gasteiger partial charge on any atom is -0.340 e. The van der Waals surface area contributed by atoms with Crippen LogP contribution in [0.3, 0.4) is 0 Å². The minimum atomic E-state index is -0.300. The van der Waals surface area contributed by atoms with Gasteiger partial charge in [0.2, 0.25) is 5.95 Å². The van der Waals surface area contributed by atoms with E-state index in [0.717, 1.165) is 16.9 Å². The number of hydrogen-bond acceptors (Lipinski definition) is 5. The number of hydrogen-bond donors (Lipinski definition) is 3. The van der Waals surface area contributed by atoms with Crippen LogP contribution in [0.4, 0.5) is 21.8 Å². The van der Waals surface area contributed by atoms with E-state index in [1.54, 1.807) is 12.1 Å². The Labute approximate surface area is 118 Å². The average Bonchev–Trinajstić information content (AvgIpc) is 2.35. The zero-order valence-corrected chi connectivity index (χ0v) is 12.0. The second-order valence-electron chi connectivity index (χ2n) is 4.07. The van der Waals surface area contributed by atoms with Crippen LogP contribution in [0, 0.1) is 19.7 Å². The number of nitrogen functional groups attached to an aromatic ring is 1. The first kappa shape index (κ1) is 13.7. The molecular formula is C12H13BrFN5. The van der Waals surface area contributed by atoms with Crippen molar-refractivity contribution in [1.82, 2.24) is 9.97 Å². The molecule has 1 aromatic carbocycles. The normalized spacial score (nSPS) is 10.4. The van der Waals surface area contributed by atoms with Crippen molar-refractivity contribution in [3.05, 3.63) is 39.7 Å². The Morgan fingerprint density at radius 3 is 2.63 bits per heavy atom. The van der Waals surface area contributed by atoms with Crippen LogP contribution in [0.15, 0.2) is 22.7 Å². The lowest BCUT2D eigenvalue weighted by Crippen LogP contribution is -2.12. The molecule has 100 valence electrons. The molecule has 0 aliphatic carbocycles. The predicted octanol–water partition coefficient (Wildman–Crippen LogP) is 3.02. The molecule has 0 amide bonds. The third kappa shape index (κ3) is 3.18. The monoisotopic (exact) mass is 325 g/mol. The molecule has 0 bridgehead atoms. The fraction of sp³-hybridized carbons (Fsp3) is 0.167. The number of halogens is 2. The zero-order valence-electron chi connectivity index (χ0n) is 10.5. The van der Waals surface area contributed by atoms with E-state index in [9.17, 15) is 4.39 Å². The fourth-order valence-electron chi connectivity index (χ4n) is 1.62. The predicted molar refractivity (Wildman–Crippen MR) is 76.7 cm³/mol. The summed E-state index contributed by atoms with van der Waals surface area (Å²) in [6.07, 6.45) is 0. The summed E-state index contributed by atoms with van der Waals surface area (Å²) in [4.78, 5) is 8.26. The molecule has 0 radical (unpaired) electrons. The van der Waals surface area contributed by atoms with Crippen LogP contribution in [-0.4, -0.2) is 9.97 Å². The first-order valence-electron chi connectivity index (χ1n) is 5.54. The minimum absolute atomic E-state index is 0.300. The first-order valence-corrected chi connectivity index (χ1v) is 6.34. The van der Waals surface area contributed by atoms with Crippen LogP contribution in [0.25, 0.3) is 0 Å². The lowest BCUT2D eigenvalue weighted by atomic mass is 10.2. The van der Waals surface area contributed by atoms with E-state index in [4.69, 9.17) is 5.84 Å². The summed E-state index contributed by atoms with van der Waals surface area (Å²) in [5.41, 5.74) is 4.70. The highest BCUT2D eigenvalue weighted by molar-refractivity contribution is 9.10. The molecule has 7 heteroatoms. The van der Waals surface area contributed by atoms with Crippen LogP contribution in [0.5, 0.6) is 0 Å². The van der Waals surface area contributed by atoms with Gasteiger partial charge in [0.15, 0.2) is 0 Å². The van der Waals surface area contributed by atoms with Gasteiger partial charge in [0.05, 0.1) is 4.47 Å². The maximum atomic E-state index is 13.4. The van der Waals surface area contributed by atoms with Crippen molar-refractivity contribution in [2.45, 2.75) is 13.8 Å². The fourth-order valence-corrected chi connectivity index (χ4v) is 1.96. The van der Waals surface area contributed by atoms with Gasteiger partial charge in [-0.3, -0.25) is 5.43 Å². The van der Waals surface area contributed by atoms with Crippen molar-refractivity contribution in [3.63, 3.8) is 0 Å². The Morgan fingerprint density at radius 1 is 1.21 bits per heavy atom. The van der Waals surface area contributed by atoms with E-state index >= 15 is 0 Å². The molecule has 1 heterocycles. The number of rotatable bonds is 3. The van der Waals surface area contributed by atoms with Crippen LogP contribution >= 0.6 is 15.9 Å². The van der Waals surface area contributed by atoms with Crippen LogP contribution < -0.4 is 16.6 Å². The number of nitrogens with one attached hydrogen (secondary N) is 2. The highest BCUT2D eigenvalue weighted by Crippen LogP contribution is 2.26. The average molecular weight is 326 g/mol. The van der Waals surface area contributed by atoms with E-state index in [1.807, 2.05) is 13.8 Å². The second kappa shape index (κ2) is 5.50. The van der Waals surface area contributed by atoms with E-state index in [1.165, 1.54) is 6.07 Å². The Morgan fingerprint density at radius 2 is 1.95 bits per heavy atom. The molecule has 0 unspecified atom stereocenters. The van der Waals surface area contributed by atoms with E-state index in [-0.39, 0.29) is 5.82 Å². The maximum absolute atomic E-state index is 13.4. The van der Waals surface area contributed by atoms with Crippen LogP contribution in [0.2, 0.25) is 0 Å². The van der Waals surface area contributed by atoms with Crippen molar-refractivity contribution < 1.29 is 4.39 Å². The summed E-state index contributed by atoms with van der Waals surface area (Å²) in [5, 5.41) is 3.11. The largest absolute Gasteiger partial charge is 0.340 e. The van der Waals surface area contributed by atoms with Crippen molar-refractivity contribution in [1.29, 1.82) is 0 Å². The molecule has 0 saturated heterocycles. The zero-order chi connectivity index (χ0) is 14.0. The molecule has 2 rings (SSSR count). The van der Waals surface area contributed by atoms with Crippen molar-refractivity contribution in [2.75, 3.05) is 10.7 Å². The van der Waals surface area contributed by atoms with Gasteiger partial charge in [-0.25, -0.2) is 15.2 Å². The lowest BCUT2D eigenvalue weighted by molar-refractivity contribution is 0.620. The number of aryl methyl sites for hydroxylation is 2. The molecule has 0 spiro atoms. The molecule has 5 nitrogen and oxygen atoms in total. The van der Waals surface area contributed by atoms with Gasteiger partial charge in [-0.15, -0.1) is 0 Å². The summed E-state index contributed by atoms with van der Waals surface area (Å²) in [6.45, 7) is 3.65. The summed E-state index contributed by atoms with van der Waals surface area (Å²) in [5.74, 6) is 5.90. The SMILES string of the molecule is Cc1cc(Nc2cc(Br)c(F)cc2C)nc(NN)n1. The number of aromatic nitrogens is 2. The molecule has 19 heavy (non-hydrogen) atoms. The highest BCUT2D eigenvalue weighted by Gasteiger charge is 2.07. The Hall–Kier alpha value is -1.73. The topological polar surface area (TPSA) is 75.9 Å². The quantitative estimate of drug-likeness (QED) is 0.597. The molecule has 0 atom stereocenters. The van der Waals surface area contributed by atoms with Gasteiger partial charge < -0.3 is 5.32 Å². The maximum Gasteiger partial charge on any atom is 0.239 e. The van der Waals surface area contributed by atoms with Gasteiger partial charge in [0.25, 0.3) is 0 Å². The summed E-state index contributed by atoms with van der Waals surface area (Å²) in [7, 11) is 0. The Kier molecular flexibility index (Phi) is 3.96. The number of benzene rings is 1. The summed E-state index contributed by atoms with van der Waals surface area (Å²) >= 11 is 3.16. The molecule has 0 aliphatic rings. The van der Waals surface area contributed by atoms with E-state index < -0.39 is 0 Å². The van der Waals surface area contributed by atoms with Gasteiger partial charge >= 0.3 is 0 Å². The lowest BCUT2D eigenvalue weighted by Gasteiger charge is -2.11. The van der Waals surface area contributed by atoms with Gasteiger partial charge in [0.1, 0.15) is 11.6 Å². The molecule has 0 saturated carbocycles. The van der Waals surface area contributed by atoms with Gasteiger partial charge in [-0.05, 0) is 47.5 Å². The Balaban J connectivity index is 2.36. The molecule has 0 aliphatic heterocycles. The Bertz CT molecular complexity index is 617. The highest BCUT2D eigenvalue weighted by atomic mass is 79.9. The van der Waals surface area contributed by atoms with E-state index in [2.05, 4.69) is 36.6 Å². The third-order valence-corrected chi connectivity index (χ3v) is 3.12. The first-order chi connectivity index (χ1) is 8.99. The molecule has 1 aromatic heterocycles. The molecular weight excluding hydrogens is 313 g/mol. The number of nitrogens with two attached hydrogens (primary N) is 1. The third-order valence-electron chi connectivity index (χ3n) is 2.51. The van der Waals surface area contributed by atoms with Gasteiger partial charge in [-0.2, -0.15) is 4.98 Å². The van der Waals surface area contributed by atoms with Gasteiger partial charge in [0, 0.05) is 17.4 Å². The molecule has 4 N–H and O–H groups in total. The van der Waals surface area contributed by atoms with Crippen molar-refractivity contribution in [2.24, 2.45) is 5.84 Å². The molecule has 2 aromatic rings. The molecule has 0 fully saturated rings. The number of hydrazine groups is 1. The van der Waals surface area contributed by atoms with Crippen molar-refractivity contribution >= 4 is 33.4 Å². The number of nitrogens with zero attached hydrogens (tertiary/aromatic N) is 2. The van der Waals surface area contributed by atoms with E-state index in [0.29, 0.717) is 16.2 Å². The summed E-state index contributed by atoms with van der Waals surface area (Å²) in [6, 6.07) is 4.89. The standard InChI is InChI=1S/C12H13BrFN5/c1-6-3-9(14)8(13)5-10(6)17-11-4-7(2)16-12(18-11)19-15/h3-5H,15H2,1-2H3,(H2,16,17,18,19). The smallest absolute Gasteiger partial charge is 0.239 e. The van der Waals surface area contributed by atoms with Crippen LogP contribution in [-0.2, 0) is 0 Å². The van der Waals surface area contributed by atoms with Crippen molar-refractivity contribution in [3.8, 4) is 0 Å². The van der Waals surface area contributed by atoms with Crippen LogP contribution in [0.1, 0.15) is 11.3 Å². The second-order valence-corrected chi connectivity index (χ2v) is 4.92. The van der Waals surface area contributed by atoms with Gasteiger partial charge in [-0.1, -0.05) is 0 Å². The summed E-state index contributed by atoms with van der Waals surface area (Å²) < 4.78 is 13.7.